The molecule has 0 aliphatic heterocycles. The Labute approximate surface area is 204 Å². The first-order valence-electron chi connectivity index (χ1n) is 11.8. The van der Waals surface area contributed by atoms with Gasteiger partial charge in [-0.15, -0.1) is 0 Å². The van der Waals surface area contributed by atoms with E-state index >= 15 is 0 Å². The molecule has 3 heterocycles. The molecule has 1 amide bonds. The number of carbonyl (C=O) groups is 1. The molecule has 0 spiro atoms. The summed E-state index contributed by atoms with van der Waals surface area (Å²) < 4.78 is 14.7. The van der Waals surface area contributed by atoms with Crippen molar-refractivity contribution in [1.29, 1.82) is 0 Å². The molecule has 0 radical (unpaired) electrons. The first-order chi connectivity index (χ1) is 16.9. The molecule has 1 unspecified atom stereocenters. The number of aromatic nitrogens is 5. The lowest BCUT2D eigenvalue weighted by Gasteiger charge is -2.21. The number of methoxy groups -OCH3 is 2. The molecule has 1 aliphatic rings. The number of hydrogen-bond acceptors (Lipinski definition) is 6. The summed E-state index contributed by atoms with van der Waals surface area (Å²) in [5.41, 5.74) is 3.06. The third-order valence-electron chi connectivity index (χ3n) is 6.42. The fraction of sp³-hybridized carbons (Fsp3) is 0.385. The highest BCUT2D eigenvalue weighted by Crippen LogP contribution is 2.40. The Kier molecular flexibility index (Phi) is 5.92. The molecule has 1 atom stereocenters. The van der Waals surface area contributed by atoms with Crippen molar-refractivity contribution in [3.05, 3.63) is 65.5 Å². The molecule has 9 nitrogen and oxygen atoms in total. The van der Waals surface area contributed by atoms with Gasteiger partial charge in [-0.2, -0.15) is 5.10 Å². The van der Waals surface area contributed by atoms with Gasteiger partial charge >= 0.3 is 0 Å². The van der Waals surface area contributed by atoms with E-state index in [1.165, 1.54) is 0 Å². The quantitative estimate of drug-likeness (QED) is 0.412. The Bertz CT molecular complexity index is 1360. The van der Waals surface area contributed by atoms with Crippen LogP contribution in [-0.2, 0) is 7.05 Å². The van der Waals surface area contributed by atoms with Crippen LogP contribution in [0.1, 0.15) is 72.1 Å². The lowest BCUT2D eigenvalue weighted by Crippen LogP contribution is -2.31. The summed E-state index contributed by atoms with van der Waals surface area (Å²) in [4.78, 5) is 23.3. The van der Waals surface area contributed by atoms with E-state index in [1.807, 2.05) is 40.7 Å². The van der Waals surface area contributed by atoms with Crippen molar-refractivity contribution in [1.82, 2.24) is 29.6 Å². The Balaban J connectivity index is 1.60. The van der Waals surface area contributed by atoms with Crippen LogP contribution < -0.4 is 14.8 Å². The minimum atomic E-state index is -0.528. The highest BCUT2D eigenvalue weighted by molar-refractivity contribution is 6.05. The van der Waals surface area contributed by atoms with Crippen molar-refractivity contribution < 1.29 is 14.3 Å². The second-order valence-corrected chi connectivity index (χ2v) is 9.24. The van der Waals surface area contributed by atoms with Crippen LogP contribution >= 0.6 is 0 Å². The lowest BCUT2D eigenvalue weighted by molar-refractivity contribution is 0.0942. The second-order valence-electron chi connectivity index (χ2n) is 9.24. The monoisotopic (exact) mass is 474 g/mol. The molecule has 1 aromatic carbocycles. The number of pyridine rings is 1. The van der Waals surface area contributed by atoms with Crippen molar-refractivity contribution >= 4 is 16.9 Å². The maximum atomic E-state index is 13.9. The van der Waals surface area contributed by atoms with Crippen molar-refractivity contribution in [3.8, 4) is 11.5 Å². The largest absolute Gasteiger partial charge is 0.497 e. The summed E-state index contributed by atoms with van der Waals surface area (Å²) >= 11 is 0. The number of amides is 1. The van der Waals surface area contributed by atoms with Gasteiger partial charge in [0.05, 0.1) is 31.4 Å². The van der Waals surface area contributed by atoms with Crippen LogP contribution in [0.15, 0.2) is 42.9 Å². The number of rotatable bonds is 8. The molecule has 182 valence electrons. The van der Waals surface area contributed by atoms with Gasteiger partial charge in [0, 0.05) is 43.2 Å². The van der Waals surface area contributed by atoms with Gasteiger partial charge in [0.25, 0.3) is 5.91 Å². The van der Waals surface area contributed by atoms with Crippen LogP contribution in [0.25, 0.3) is 11.0 Å². The summed E-state index contributed by atoms with van der Waals surface area (Å²) in [7, 11) is 5.11. The van der Waals surface area contributed by atoms with E-state index in [-0.39, 0.29) is 11.9 Å². The number of aryl methyl sites for hydroxylation is 1. The standard InChI is InChI=1S/C26H30N6O3/c1-15(2)32-24-21(14-28-32)20(13-22(29-24)16-6-7-16)26(33)30-23(25-27-8-9-31(25)3)17-10-18(34-4)12-19(11-17)35-5/h8-16,23H,6-7H2,1-5H3,(H,30,33). The highest BCUT2D eigenvalue weighted by Gasteiger charge is 2.30. The zero-order valence-electron chi connectivity index (χ0n) is 20.6. The van der Waals surface area contributed by atoms with Gasteiger partial charge in [-0.1, -0.05) is 0 Å². The average molecular weight is 475 g/mol. The maximum Gasteiger partial charge on any atom is 0.253 e. The average Bonchev–Trinajstić information content (AvgIpc) is 3.49. The first-order valence-corrected chi connectivity index (χ1v) is 11.8. The fourth-order valence-electron chi connectivity index (χ4n) is 4.35. The van der Waals surface area contributed by atoms with Crippen LogP contribution in [0.4, 0.5) is 0 Å². The van der Waals surface area contributed by atoms with Crippen molar-refractivity contribution in [3.63, 3.8) is 0 Å². The zero-order chi connectivity index (χ0) is 24.7. The van der Waals surface area contributed by atoms with E-state index in [0.29, 0.717) is 28.8 Å². The molecule has 1 aliphatic carbocycles. The zero-order valence-corrected chi connectivity index (χ0v) is 20.6. The molecule has 0 saturated heterocycles. The highest BCUT2D eigenvalue weighted by atomic mass is 16.5. The van der Waals surface area contributed by atoms with Gasteiger partial charge in [-0.3, -0.25) is 4.79 Å². The van der Waals surface area contributed by atoms with Crippen LogP contribution in [-0.4, -0.2) is 44.4 Å². The maximum absolute atomic E-state index is 13.9. The molecule has 5 rings (SSSR count). The normalized spacial score (nSPS) is 14.3. The van der Waals surface area contributed by atoms with E-state index < -0.39 is 6.04 Å². The number of nitrogens with zero attached hydrogens (tertiary/aromatic N) is 5. The van der Waals surface area contributed by atoms with Gasteiger partial charge in [0.2, 0.25) is 0 Å². The summed E-state index contributed by atoms with van der Waals surface area (Å²) in [6.07, 6.45) is 7.49. The number of fused-ring (bicyclic) bond motifs is 1. The minimum absolute atomic E-state index is 0.134. The van der Waals surface area contributed by atoms with Crippen LogP contribution in [0.5, 0.6) is 11.5 Å². The number of hydrogen-bond donors (Lipinski definition) is 1. The predicted molar refractivity (Wildman–Crippen MR) is 132 cm³/mol. The van der Waals surface area contributed by atoms with Gasteiger partial charge in [0.1, 0.15) is 23.4 Å². The molecular formula is C26H30N6O3. The number of carbonyl (C=O) groups excluding carboxylic acids is 1. The van der Waals surface area contributed by atoms with E-state index in [2.05, 4.69) is 29.2 Å². The van der Waals surface area contributed by atoms with E-state index in [9.17, 15) is 4.79 Å². The van der Waals surface area contributed by atoms with Crippen LogP contribution in [0.3, 0.4) is 0 Å². The van der Waals surface area contributed by atoms with Crippen molar-refractivity contribution in [2.24, 2.45) is 7.05 Å². The molecule has 9 heteroatoms. The molecule has 3 aromatic heterocycles. The topological polar surface area (TPSA) is 96.1 Å². The third kappa shape index (κ3) is 4.34. The minimum Gasteiger partial charge on any atom is -0.497 e. The van der Waals surface area contributed by atoms with Gasteiger partial charge in [-0.05, 0) is 50.5 Å². The molecule has 1 saturated carbocycles. The lowest BCUT2D eigenvalue weighted by atomic mass is 10.0. The summed E-state index contributed by atoms with van der Waals surface area (Å²) in [5, 5.41) is 8.48. The van der Waals surface area contributed by atoms with E-state index in [4.69, 9.17) is 14.5 Å². The first kappa shape index (κ1) is 22.9. The molecule has 35 heavy (non-hydrogen) atoms. The molecule has 0 bridgehead atoms. The Morgan fingerprint density at radius 3 is 2.40 bits per heavy atom. The molecule has 1 fully saturated rings. The number of imidazole rings is 1. The van der Waals surface area contributed by atoms with Crippen molar-refractivity contribution in [2.75, 3.05) is 14.2 Å². The predicted octanol–water partition coefficient (Wildman–Crippen LogP) is 4.16. The molecule has 4 aromatic rings. The Morgan fingerprint density at radius 1 is 1.11 bits per heavy atom. The van der Waals surface area contributed by atoms with E-state index in [0.717, 1.165) is 35.1 Å². The van der Waals surface area contributed by atoms with Gasteiger partial charge < -0.3 is 19.4 Å². The van der Waals surface area contributed by atoms with Crippen molar-refractivity contribution in [2.45, 2.75) is 44.7 Å². The SMILES string of the molecule is COc1cc(OC)cc(C(NC(=O)c2cc(C3CC3)nc3c2cnn3C(C)C)c2nccn2C)c1. The number of benzene rings is 1. The number of nitrogens with one attached hydrogen (secondary N) is 1. The summed E-state index contributed by atoms with van der Waals surface area (Å²) in [5.74, 6) is 2.15. The molecular weight excluding hydrogens is 444 g/mol. The van der Waals surface area contributed by atoms with Gasteiger partial charge in [0.15, 0.2) is 5.65 Å². The smallest absolute Gasteiger partial charge is 0.253 e. The summed E-state index contributed by atoms with van der Waals surface area (Å²) in [6, 6.07) is 7.10. The van der Waals surface area contributed by atoms with Crippen LogP contribution in [0.2, 0.25) is 0 Å². The molecule has 1 N–H and O–H groups in total. The third-order valence-corrected chi connectivity index (χ3v) is 6.42. The second kappa shape index (κ2) is 9.05. The van der Waals surface area contributed by atoms with Gasteiger partial charge in [-0.25, -0.2) is 14.6 Å². The summed E-state index contributed by atoms with van der Waals surface area (Å²) in [6.45, 7) is 4.12. The van der Waals surface area contributed by atoms with Crippen LogP contribution in [0, 0.1) is 0 Å². The Morgan fingerprint density at radius 2 is 1.83 bits per heavy atom. The van der Waals surface area contributed by atoms with E-state index in [1.54, 1.807) is 32.7 Å². The number of ether oxygens (including phenoxy) is 2. The fourth-order valence-corrected chi connectivity index (χ4v) is 4.35. The Hall–Kier alpha value is -3.88.